The third-order valence-electron chi connectivity index (χ3n) is 4.04. The number of aryl methyl sites for hydroxylation is 1. The lowest BCUT2D eigenvalue weighted by atomic mass is 10.1. The van der Waals surface area contributed by atoms with E-state index in [-0.39, 0.29) is 24.3 Å². The fraction of sp³-hybridized carbons (Fsp3) is 0.474. The van der Waals surface area contributed by atoms with Gasteiger partial charge >= 0.3 is 11.9 Å². The Balaban J connectivity index is 2.31. The van der Waals surface area contributed by atoms with Crippen molar-refractivity contribution in [1.29, 1.82) is 0 Å². The van der Waals surface area contributed by atoms with Gasteiger partial charge in [-0.25, -0.2) is 4.79 Å². The molecule has 1 aromatic rings. The summed E-state index contributed by atoms with van der Waals surface area (Å²) in [6, 6.07) is 4.87. The fourth-order valence-corrected chi connectivity index (χ4v) is 2.87. The molecule has 2 rings (SSSR count). The van der Waals surface area contributed by atoms with Crippen LogP contribution >= 0.6 is 0 Å². The van der Waals surface area contributed by atoms with Gasteiger partial charge in [0.15, 0.2) is 0 Å². The van der Waals surface area contributed by atoms with Crippen molar-refractivity contribution in [3.05, 3.63) is 34.9 Å². The summed E-state index contributed by atoms with van der Waals surface area (Å²) in [7, 11) is 0. The zero-order chi connectivity index (χ0) is 19.3. The molecule has 26 heavy (non-hydrogen) atoms. The van der Waals surface area contributed by atoms with Gasteiger partial charge in [0, 0.05) is 25.7 Å². The molecule has 140 valence electrons. The van der Waals surface area contributed by atoms with Crippen LogP contribution in [0.4, 0.5) is 0 Å². The molecule has 1 N–H and O–H groups in total. The number of carbonyl (C=O) groups is 3. The molecule has 1 aromatic carbocycles. The van der Waals surface area contributed by atoms with Gasteiger partial charge in [-0.3, -0.25) is 9.59 Å². The van der Waals surface area contributed by atoms with Gasteiger partial charge in [-0.2, -0.15) is 4.58 Å². The van der Waals surface area contributed by atoms with Crippen LogP contribution in [0.2, 0.25) is 0 Å². The number of nitrogens with zero attached hydrogens (tertiary/aromatic N) is 2. The van der Waals surface area contributed by atoms with Crippen LogP contribution in [0.25, 0.3) is 0 Å². The van der Waals surface area contributed by atoms with Crippen molar-refractivity contribution in [2.24, 2.45) is 0 Å². The largest absolute Gasteiger partial charge is 0.460 e. The summed E-state index contributed by atoms with van der Waals surface area (Å²) in [4.78, 5) is 40.5. The second kappa shape index (κ2) is 8.60. The lowest BCUT2D eigenvalue weighted by molar-refractivity contribution is -0.534. The minimum absolute atomic E-state index is 0.0444. The summed E-state index contributed by atoms with van der Waals surface area (Å²) < 4.78 is 1.86. The minimum Gasteiger partial charge on any atom is -0.460 e. The number of benzene rings is 1. The van der Waals surface area contributed by atoms with Crippen molar-refractivity contribution in [3.63, 3.8) is 0 Å². The lowest BCUT2D eigenvalue weighted by Gasteiger charge is -2.13. The Bertz CT molecular complexity index is 730. The number of aliphatic hydroxyl groups excluding tert-OH is 1. The molecule has 0 radical (unpaired) electrons. The highest BCUT2D eigenvalue weighted by Gasteiger charge is 2.33. The van der Waals surface area contributed by atoms with Crippen molar-refractivity contribution in [2.45, 2.75) is 46.5 Å². The first-order valence-electron chi connectivity index (χ1n) is 8.88. The third kappa shape index (κ3) is 4.47. The molecule has 1 saturated heterocycles. The Morgan fingerprint density at radius 2 is 1.62 bits per heavy atom. The summed E-state index contributed by atoms with van der Waals surface area (Å²) >= 11 is 0. The number of hydrogen-bond donors (Lipinski definition) is 1. The minimum atomic E-state index is -0.802. The quantitative estimate of drug-likeness (QED) is 0.349. The molecule has 0 spiro atoms. The Kier molecular flexibility index (Phi) is 6.49. The number of hydroxylamine groups is 2. The predicted octanol–water partition coefficient (Wildman–Crippen LogP) is 2.35. The Morgan fingerprint density at radius 1 is 1.08 bits per heavy atom. The predicted molar refractivity (Wildman–Crippen MR) is 95.0 cm³/mol. The zero-order valence-electron chi connectivity index (χ0n) is 15.4. The van der Waals surface area contributed by atoms with Gasteiger partial charge in [0.25, 0.3) is 11.8 Å². The van der Waals surface area contributed by atoms with Gasteiger partial charge in [-0.15, -0.1) is 5.06 Å². The first kappa shape index (κ1) is 19.6. The average molecular weight is 361 g/mol. The average Bonchev–Trinajstić information content (AvgIpc) is 2.92. The van der Waals surface area contributed by atoms with Gasteiger partial charge < -0.3 is 9.94 Å². The number of hydrogen-bond acceptors (Lipinski definition) is 4. The van der Waals surface area contributed by atoms with Crippen LogP contribution in [0.1, 0.15) is 61.0 Å². The van der Waals surface area contributed by atoms with Gasteiger partial charge in [0.05, 0.1) is 11.1 Å². The molecule has 0 unspecified atom stereocenters. The first-order valence-corrected chi connectivity index (χ1v) is 8.88. The topological polar surface area (TPSA) is 86.9 Å². The molecule has 0 bridgehead atoms. The summed E-state index contributed by atoms with van der Waals surface area (Å²) in [5.41, 5.74) is 1.43. The Hall–Kier alpha value is -2.70. The molecule has 1 aliphatic rings. The fourth-order valence-electron chi connectivity index (χ4n) is 2.87. The van der Waals surface area contributed by atoms with Gasteiger partial charge in [0.1, 0.15) is 13.1 Å². The van der Waals surface area contributed by atoms with Crippen LogP contribution in [-0.4, -0.2) is 51.5 Å². The molecule has 1 aliphatic heterocycles. The first-order chi connectivity index (χ1) is 12.4. The summed E-state index contributed by atoms with van der Waals surface area (Å²) in [6.45, 7) is 7.25. The van der Waals surface area contributed by atoms with Crippen LogP contribution < -0.4 is 0 Å². The SMILES string of the molecule is CCC[N+](CCC)=C(O)c1cc(C)cc(C(=O)ON2C(=O)CCC2=O)c1. The Labute approximate surface area is 152 Å². The monoisotopic (exact) mass is 361 g/mol. The van der Waals surface area contributed by atoms with Crippen molar-refractivity contribution < 1.29 is 28.9 Å². The van der Waals surface area contributed by atoms with Gasteiger partial charge in [-0.1, -0.05) is 13.8 Å². The van der Waals surface area contributed by atoms with Gasteiger partial charge in [0.2, 0.25) is 0 Å². The second-order valence-corrected chi connectivity index (χ2v) is 6.36. The van der Waals surface area contributed by atoms with Crippen LogP contribution in [0.3, 0.4) is 0 Å². The maximum Gasteiger partial charge on any atom is 0.367 e. The molecule has 7 heteroatoms. The van der Waals surface area contributed by atoms with Crippen LogP contribution in [0, 0.1) is 6.92 Å². The molecule has 0 aromatic heterocycles. The van der Waals surface area contributed by atoms with E-state index >= 15 is 0 Å². The lowest BCUT2D eigenvalue weighted by Crippen LogP contribution is -2.32. The molecule has 0 saturated carbocycles. The third-order valence-corrected chi connectivity index (χ3v) is 4.04. The number of carbonyl (C=O) groups excluding carboxylic acids is 3. The molecular weight excluding hydrogens is 336 g/mol. The maximum absolute atomic E-state index is 12.4. The smallest absolute Gasteiger partial charge is 0.367 e. The number of aliphatic hydroxyl groups is 1. The highest BCUT2D eigenvalue weighted by Crippen LogP contribution is 2.16. The molecule has 7 nitrogen and oxygen atoms in total. The summed E-state index contributed by atoms with van der Waals surface area (Å²) in [5.74, 6) is -1.76. The second-order valence-electron chi connectivity index (χ2n) is 6.36. The van der Waals surface area contributed by atoms with Gasteiger partial charge in [-0.05, 0) is 30.7 Å². The van der Waals surface area contributed by atoms with Crippen LogP contribution in [0.15, 0.2) is 18.2 Å². The van der Waals surface area contributed by atoms with E-state index in [1.165, 1.54) is 6.07 Å². The van der Waals surface area contributed by atoms with E-state index in [0.29, 0.717) is 23.7 Å². The van der Waals surface area contributed by atoms with Crippen molar-refractivity contribution >= 4 is 23.7 Å². The van der Waals surface area contributed by atoms with E-state index in [4.69, 9.17) is 4.84 Å². The number of amides is 2. The van der Waals surface area contributed by atoms with Crippen molar-refractivity contribution in [2.75, 3.05) is 13.1 Å². The molecule has 2 amide bonds. The van der Waals surface area contributed by atoms with Crippen molar-refractivity contribution in [3.8, 4) is 0 Å². The van der Waals surface area contributed by atoms with E-state index in [0.717, 1.165) is 18.4 Å². The van der Waals surface area contributed by atoms with E-state index in [9.17, 15) is 19.5 Å². The Morgan fingerprint density at radius 3 is 2.15 bits per heavy atom. The van der Waals surface area contributed by atoms with E-state index in [1.807, 2.05) is 18.4 Å². The molecule has 1 fully saturated rings. The normalized spacial score (nSPS) is 13.9. The van der Waals surface area contributed by atoms with Crippen LogP contribution in [-0.2, 0) is 14.4 Å². The summed E-state index contributed by atoms with van der Waals surface area (Å²) in [5, 5.41) is 11.1. The summed E-state index contributed by atoms with van der Waals surface area (Å²) in [6.07, 6.45) is 1.85. The number of rotatable bonds is 7. The molecule has 0 atom stereocenters. The molecule has 0 aliphatic carbocycles. The standard InChI is InChI=1S/C19H24N2O5/c1-4-8-20(9-5-2)18(24)14-10-13(3)11-15(12-14)19(25)26-21-16(22)6-7-17(21)23/h10-12H,4-9H2,1-3H3/p+1. The maximum atomic E-state index is 12.4. The van der Waals surface area contributed by atoms with E-state index in [2.05, 4.69) is 0 Å². The van der Waals surface area contributed by atoms with E-state index in [1.54, 1.807) is 19.1 Å². The van der Waals surface area contributed by atoms with E-state index < -0.39 is 17.8 Å². The van der Waals surface area contributed by atoms with Crippen LogP contribution in [0.5, 0.6) is 0 Å². The highest BCUT2D eigenvalue weighted by atomic mass is 16.7. The highest BCUT2D eigenvalue weighted by molar-refractivity contribution is 6.03. The number of imide groups is 1. The molecular formula is C19H25N2O5+. The zero-order valence-corrected chi connectivity index (χ0v) is 15.4. The van der Waals surface area contributed by atoms with Crippen molar-refractivity contribution in [1.82, 2.24) is 5.06 Å². The molecule has 1 heterocycles.